The number of amides is 1. The van der Waals surface area contributed by atoms with Gasteiger partial charge in [-0.3, -0.25) is 4.79 Å². The molecule has 0 aliphatic carbocycles. The first-order valence-electron chi connectivity index (χ1n) is 6.98. The van der Waals surface area contributed by atoms with E-state index < -0.39 is 6.04 Å². The van der Waals surface area contributed by atoms with Crippen molar-refractivity contribution in [1.82, 2.24) is 5.32 Å². The van der Waals surface area contributed by atoms with Crippen molar-refractivity contribution in [1.29, 1.82) is 0 Å². The Balaban J connectivity index is 2.89. The second kappa shape index (κ2) is 6.80. The molecule has 118 valence electrons. The number of benzene rings is 1. The number of carbonyl (C=O) groups excluding carboxylic acids is 1. The molecule has 1 aromatic rings. The lowest BCUT2D eigenvalue weighted by Gasteiger charge is -2.27. The molecule has 0 spiro atoms. The zero-order valence-corrected chi connectivity index (χ0v) is 13.7. The van der Waals surface area contributed by atoms with E-state index in [-0.39, 0.29) is 17.4 Å². The SMILES string of the molecule is COc1ccc(C(C)NC(=O)[C@@H](N)C(C)(C)C)c(OC)c1. The van der Waals surface area contributed by atoms with Gasteiger partial charge in [-0.05, 0) is 24.5 Å². The van der Waals surface area contributed by atoms with E-state index in [0.29, 0.717) is 11.5 Å². The Labute approximate surface area is 126 Å². The van der Waals surface area contributed by atoms with Crippen LogP contribution in [0.15, 0.2) is 18.2 Å². The topological polar surface area (TPSA) is 73.6 Å². The highest BCUT2D eigenvalue weighted by Gasteiger charge is 2.28. The molecule has 1 amide bonds. The second-order valence-electron chi connectivity index (χ2n) is 6.18. The van der Waals surface area contributed by atoms with Crippen molar-refractivity contribution in [3.05, 3.63) is 23.8 Å². The lowest BCUT2D eigenvalue weighted by Crippen LogP contribution is -2.49. The number of methoxy groups -OCH3 is 2. The zero-order chi connectivity index (χ0) is 16.2. The van der Waals surface area contributed by atoms with Crippen molar-refractivity contribution < 1.29 is 14.3 Å². The Morgan fingerprint density at radius 2 is 1.86 bits per heavy atom. The molecule has 0 aliphatic heterocycles. The third-order valence-corrected chi connectivity index (χ3v) is 3.48. The van der Waals surface area contributed by atoms with Crippen LogP contribution in [0.4, 0.5) is 0 Å². The van der Waals surface area contributed by atoms with Gasteiger partial charge in [-0.1, -0.05) is 20.8 Å². The van der Waals surface area contributed by atoms with Gasteiger partial charge in [0.25, 0.3) is 0 Å². The number of nitrogens with two attached hydrogens (primary N) is 1. The molecule has 1 aromatic carbocycles. The average molecular weight is 294 g/mol. The molecule has 5 heteroatoms. The van der Waals surface area contributed by atoms with Crippen molar-refractivity contribution in [2.75, 3.05) is 14.2 Å². The summed E-state index contributed by atoms with van der Waals surface area (Å²) in [5.74, 6) is 1.21. The molecule has 1 unspecified atom stereocenters. The Bertz CT molecular complexity index is 495. The summed E-state index contributed by atoms with van der Waals surface area (Å²) >= 11 is 0. The third kappa shape index (κ3) is 4.36. The van der Waals surface area contributed by atoms with E-state index in [1.165, 1.54) is 0 Å². The van der Waals surface area contributed by atoms with Gasteiger partial charge >= 0.3 is 0 Å². The third-order valence-electron chi connectivity index (χ3n) is 3.48. The second-order valence-corrected chi connectivity index (χ2v) is 6.18. The first-order chi connectivity index (χ1) is 9.70. The fraction of sp³-hybridized carbons (Fsp3) is 0.562. The van der Waals surface area contributed by atoms with Gasteiger partial charge in [-0.25, -0.2) is 0 Å². The summed E-state index contributed by atoms with van der Waals surface area (Å²) < 4.78 is 10.5. The first-order valence-corrected chi connectivity index (χ1v) is 6.98. The summed E-state index contributed by atoms with van der Waals surface area (Å²) in [6.45, 7) is 7.72. The quantitative estimate of drug-likeness (QED) is 0.873. The smallest absolute Gasteiger partial charge is 0.237 e. The Hall–Kier alpha value is -1.75. The molecular formula is C16H26N2O3. The minimum Gasteiger partial charge on any atom is -0.497 e. The van der Waals surface area contributed by atoms with E-state index in [1.54, 1.807) is 20.3 Å². The summed E-state index contributed by atoms with van der Waals surface area (Å²) in [4.78, 5) is 12.2. The van der Waals surface area contributed by atoms with Crippen molar-refractivity contribution in [2.24, 2.45) is 11.1 Å². The Morgan fingerprint density at radius 3 is 2.33 bits per heavy atom. The molecule has 3 N–H and O–H groups in total. The molecule has 0 bridgehead atoms. The van der Waals surface area contributed by atoms with Gasteiger partial charge < -0.3 is 20.5 Å². The highest BCUT2D eigenvalue weighted by atomic mass is 16.5. The van der Waals surface area contributed by atoms with Gasteiger partial charge in [0.1, 0.15) is 11.5 Å². The van der Waals surface area contributed by atoms with Crippen LogP contribution in [-0.4, -0.2) is 26.2 Å². The van der Waals surface area contributed by atoms with Crippen LogP contribution < -0.4 is 20.5 Å². The maximum absolute atomic E-state index is 12.2. The highest BCUT2D eigenvalue weighted by molar-refractivity contribution is 5.82. The van der Waals surface area contributed by atoms with Gasteiger partial charge in [0.05, 0.1) is 26.3 Å². The highest BCUT2D eigenvalue weighted by Crippen LogP contribution is 2.29. The van der Waals surface area contributed by atoms with Crippen LogP contribution >= 0.6 is 0 Å². The number of hydrogen-bond acceptors (Lipinski definition) is 4. The monoisotopic (exact) mass is 294 g/mol. The fourth-order valence-electron chi connectivity index (χ4n) is 1.95. The molecule has 5 nitrogen and oxygen atoms in total. The number of carbonyl (C=O) groups is 1. The van der Waals surface area contributed by atoms with Crippen LogP contribution in [-0.2, 0) is 4.79 Å². The minimum atomic E-state index is -0.566. The molecule has 0 aromatic heterocycles. The Kier molecular flexibility index (Phi) is 5.61. The maximum atomic E-state index is 12.2. The normalized spacial score (nSPS) is 14.2. The van der Waals surface area contributed by atoms with E-state index in [1.807, 2.05) is 39.8 Å². The van der Waals surface area contributed by atoms with Gasteiger partial charge in [0.2, 0.25) is 5.91 Å². The molecule has 0 heterocycles. The largest absolute Gasteiger partial charge is 0.497 e. The number of rotatable bonds is 5. The fourth-order valence-corrected chi connectivity index (χ4v) is 1.95. The van der Waals surface area contributed by atoms with Crippen LogP contribution in [0.3, 0.4) is 0 Å². The lowest BCUT2D eigenvalue weighted by molar-refractivity contribution is -0.125. The van der Waals surface area contributed by atoms with Gasteiger partial charge in [0, 0.05) is 11.6 Å². The van der Waals surface area contributed by atoms with Crippen molar-refractivity contribution in [3.63, 3.8) is 0 Å². The summed E-state index contributed by atoms with van der Waals surface area (Å²) in [7, 11) is 3.19. The zero-order valence-electron chi connectivity index (χ0n) is 13.7. The molecule has 0 saturated heterocycles. The van der Waals surface area contributed by atoms with Gasteiger partial charge in [-0.2, -0.15) is 0 Å². The molecule has 0 fully saturated rings. The molecule has 21 heavy (non-hydrogen) atoms. The number of hydrogen-bond donors (Lipinski definition) is 2. The first kappa shape index (κ1) is 17.3. The van der Waals surface area contributed by atoms with Crippen LogP contribution in [0.25, 0.3) is 0 Å². The molecular weight excluding hydrogens is 268 g/mol. The van der Waals surface area contributed by atoms with Crippen LogP contribution in [0.5, 0.6) is 11.5 Å². The predicted octanol–water partition coefficient (Wildman–Crippen LogP) is 2.25. The van der Waals surface area contributed by atoms with Crippen LogP contribution in [0, 0.1) is 5.41 Å². The molecule has 0 aliphatic rings. The molecule has 0 saturated carbocycles. The van der Waals surface area contributed by atoms with E-state index >= 15 is 0 Å². The van der Waals surface area contributed by atoms with Crippen LogP contribution in [0.2, 0.25) is 0 Å². The van der Waals surface area contributed by atoms with Crippen molar-refractivity contribution >= 4 is 5.91 Å². The standard InChI is InChI=1S/C16H26N2O3/c1-10(18-15(19)14(17)16(2,3)4)12-8-7-11(20-5)9-13(12)21-6/h7-10,14H,17H2,1-6H3,(H,18,19)/t10?,14-/m1/s1. The minimum absolute atomic E-state index is 0.173. The predicted molar refractivity (Wildman–Crippen MR) is 83.5 cm³/mol. The molecule has 2 atom stereocenters. The maximum Gasteiger partial charge on any atom is 0.237 e. The van der Waals surface area contributed by atoms with E-state index in [0.717, 1.165) is 5.56 Å². The van der Waals surface area contributed by atoms with Crippen molar-refractivity contribution in [2.45, 2.75) is 39.8 Å². The Morgan fingerprint density at radius 1 is 1.24 bits per heavy atom. The summed E-state index contributed by atoms with van der Waals surface area (Å²) in [6, 6.07) is 4.74. The summed E-state index contributed by atoms with van der Waals surface area (Å²) in [5, 5.41) is 2.93. The lowest BCUT2D eigenvalue weighted by atomic mass is 9.86. The van der Waals surface area contributed by atoms with Crippen molar-refractivity contribution in [3.8, 4) is 11.5 Å². The molecule has 0 radical (unpaired) electrons. The van der Waals surface area contributed by atoms with Gasteiger partial charge in [0.15, 0.2) is 0 Å². The van der Waals surface area contributed by atoms with E-state index in [2.05, 4.69) is 5.32 Å². The summed E-state index contributed by atoms with van der Waals surface area (Å²) in [6.07, 6.45) is 0. The average Bonchev–Trinajstić information content (AvgIpc) is 2.44. The van der Waals surface area contributed by atoms with E-state index in [9.17, 15) is 4.79 Å². The van der Waals surface area contributed by atoms with Crippen LogP contribution in [0.1, 0.15) is 39.3 Å². The van der Waals surface area contributed by atoms with E-state index in [4.69, 9.17) is 15.2 Å². The van der Waals surface area contributed by atoms with Gasteiger partial charge in [-0.15, -0.1) is 0 Å². The molecule has 1 rings (SSSR count). The number of ether oxygens (including phenoxy) is 2. The number of nitrogens with one attached hydrogen (secondary N) is 1. The summed E-state index contributed by atoms with van der Waals surface area (Å²) in [5.41, 5.74) is 6.57.